The Balaban J connectivity index is 2.27. The van der Waals surface area contributed by atoms with Crippen LogP contribution in [-0.2, 0) is 9.59 Å². The second-order valence-electron chi connectivity index (χ2n) is 4.06. The fourth-order valence-electron chi connectivity index (χ4n) is 1.16. The Morgan fingerprint density at radius 3 is 2.50 bits per heavy atom. The third-order valence-electron chi connectivity index (χ3n) is 2.12. The van der Waals surface area contributed by atoms with Gasteiger partial charge in [0.2, 0.25) is 5.91 Å². The molecule has 14 heavy (non-hydrogen) atoms. The van der Waals surface area contributed by atoms with E-state index in [4.69, 9.17) is 5.11 Å². The predicted molar refractivity (Wildman–Crippen MR) is 48.6 cm³/mol. The van der Waals surface area contributed by atoms with Crippen LogP contribution in [0.4, 0.5) is 0 Å². The molecule has 1 aliphatic carbocycles. The molecule has 80 valence electrons. The fourth-order valence-corrected chi connectivity index (χ4v) is 1.16. The van der Waals surface area contributed by atoms with Crippen LogP contribution in [0.1, 0.15) is 26.2 Å². The second kappa shape index (κ2) is 3.96. The third-order valence-corrected chi connectivity index (χ3v) is 2.12. The smallest absolute Gasteiger partial charge is 0.306 e. The van der Waals surface area contributed by atoms with E-state index in [-0.39, 0.29) is 24.8 Å². The number of nitrogens with one attached hydrogen (secondary N) is 1. The normalized spacial score (nSPS) is 19.9. The Bertz CT molecular complexity index is 245. The van der Waals surface area contributed by atoms with Crippen LogP contribution in [0.15, 0.2) is 0 Å². The Morgan fingerprint density at radius 1 is 1.50 bits per heavy atom. The number of hydrogen-bond acceptors (Lipinski definition) is 3. The van der Waals surface area contributed by atoms with Crippen LogP contribution in [0.2, 0.25) is 0 Å². The number of rotatable bonds is 5. The van der Waals surface area contributed by atoms with Crippen molar-refractivity contribution in [2.75, 3.05) is 6.54 Å². The van der Waals surface area contributed by atoms with Gasteiger partial charge < -0.3 is 15.5 Å². The van der Waals surface area contributed by atoms with Crippen LogP contribution in [0, 0.1) is 5.92 Å². The van der Waals surface area contributed by atoms with E-state index in [1.807, 2.05) is 0 Å². The molecule has 1 unspecified atom stereocenters. The number of hydrogen-bond donors (Lipinski definition) is 3. The Labute approximate surface area is 82.1 Å². The number of carbonyl (C=O) groups is 2. The first-order valence-electron chi connectivity index (χ1n) is 4.62. The average molecular weight is 201 g/mol. The molecule has 1 fully saturated rings. The molecule has 5 heteroatoms. The molecule has 0 spiro atoms. The van der Waals surface area contributed by atoms with Crippen molar-refractivity contribution >= 4 is 11.9 Å². The molecule has 0 aliphatic heterocycles. The van der Waals surface area contributed by atoms with Crippen molar-refractivity contribution in [1.82, 2.24) is 5.32 Å². The summed E-state index contributed by atoms with van der Waals surface area (Å²) < 4.78 is 0. The minimum Gasteiger partial charge on any atom is -0.481 e. The average Bonchev–Trinajstić information content (AvgIpc) is 2.79. The van der Waals surface area contributed by atoms with Gasteiger partial charge in [0.05, 0.1) is 12.0 Å². The minimum absolute atomic E-state index is 0.00532. The molecule has 0 heterocycles. The maximum absolute atomic E-state index is 11.2. The largest absolute Gasteiger partial charge is 0.481 e. The van der Waals surface area contributed by atoms with E-state index in [1.54, 1.807) is 0 Å². The zero-order valence-corrected chi connectivity index (χ0v) is 8.12. The summed E-state index contributed by atoms with van der Waals surface area (Å²) in [5.41, 5.74) is -1.36. The third kappa shape index (κ3) is 3.74. The molecule has 1 saturated carbocycles. The summed E-state index contributed by atoms with van der Waals surface area (Å²) in [7, 11) is 0. The molecule has 1 atom stereocenters. The molecule has 1 rings (SSSR count). The van der Waals surface area contributed by atoms with Crippen molar-refractivity contribution in [3.63, 3.8) is 0 Å². The van der Waals surface area contributed by atoms with E-state index in [1.165, 1.54) is 6.92 Å². The number of carboxylic acids is 1. The van der Waals surface area contributed by atoms with Gasteiger partial charge in [-0.2, -0.15) is 0 Å². The van der Waals surface area contributed by atoms with Gasteiger partial charge in [-0.25, -0.2) is 0 Å². The highest BCUT2D eigenvalue weighted by atomic mass is 16.4. The number of aliphatic carboxylic acids is 1. The first-order valence-corrected chi connectivity index (χ1v) is 4.62. The van der Waals surface area contributed by atoms with Crippen molar-refractivity contribution in [2.45, 2.75) is 31.8 Å². The Hall–Kier alpha value is -1.10. The Morgan fingerprint density at radius 2 is 2.07 bits per heavy atom. The standard InChI is InChI=1S/C9H15NO4/c1-9(14,4-7(11)12)5-10-8(13)6-2-3-6/h6,14H,2-5H2,1H3,(H,10,13)(H,11,12). The maximum atomic E-state index is 11.2. The molecule has 1 aliphatic rings. The van der Waals surface area contributed by atoms with Gasteiger partial charge in [-0.15, -0.1) is 0 Å². The van der Waals surface area contributed by atoms with E-state index in [9.17, 15) is 14.7 Å². The van der Waals surface area contributed by atoms with Crippen molar-refractivity contribution in [2.24, 2.45) is 5.92 Å². The lowest BCUT2D eigenvalue weighted by Gasteiger charge is -2.21. The summed E-state index contributed by atoms with van der Waals surface area (Å²) in [5, 5.41) is 20.5. The SMILES string of the molecule is CC(O)(CNC(=O)C1CC1)CC(=O)O. The summed E-state index contributed by atoms with van der Waals surface area (Å²) in [6, 6.07) is 0. The zero-order valence-electron chi connectivity index (χ0n) is 8.12. The van der Waals surface area contributed by atoms with E-state index < -0.39 is 11.6 Å². The summed E-state index contributed by atoms with van der Waals surface area (Å²) in [6.07, 6.45) is 1.43. The molecular formula is C9H15NO4. The van der Waals surface area contributed by atoms with E-state index in [0.717, 1.165) is 12.8 Å². The van der Waals surface area contributed by atoms with Gasteiger partial charge in [0, 0.05) is 12.5 Å². The predicted octanol–water partition coefficient (Wildman–Crippen LogP) is -0.262. The van der Waals surface area contributed by atoms with Crippen LogP contribution in [0.5, 0.6) is 0 Å². The highest BCUT2D eigenvalue weighted by molar-refractivity contribution is 5.81. The van der Waals surface area contributed by atoms with Crippen LogP contribution in [-0.4, -0.2) is 34.2 Å². The number of amides is 1. The first kappa shape index (κ1) is 11.0. The summed E-state index contributed by atoms with van der Waals surface area (Å²) >= 11 is 0. The zero-order chi connectivity index (χ0) is 10.8. The van der Waals surface area contributed by atoms with Crippen molar-refractivity contribution in [1.29, 1.82) is 0 Å². The van der Waals surface area contributed by atoms with E-state index in [2.05, 4.69) is 5.32 Å². The van der Waals surface area contributed by atoms with Crippen LogP contribution in [0.25, 0.3) is 0 Å². The summed E-state index contributed by atoms with van der Waals surface area (Å²) in [4.78, 5) is 21.5. The van der Waals surface area contributed by atoms with Gasteiger partial charge in [0.1, 0.15) is 0 Å². The van der Waals surface area contributed by atoms with Gasteiger partial charge in [-0.05, 0) is 19.8 Å². The van der Waals surface area contributed by atoms with Gasteiger partial charge in [0.15, 0.2) is 0 Å². The Kier molecular flexibility index (Phi) is 3.10. The summed E-state index contributed by atoms with van der Waals surface area (Å²) in [6.45, 7) is 1.39. The molecule has 3 N–H and O–H groups in total. The molecule has 0 bridgehead atoms. The van der Waals surface area contributed by atoms with Crippen molar-refractivity contribution < 1.29 is 19.8 Å². The number of carboxylic acid groups (broad SMARTS) is 1. The molecule has 0 aromatic carbocycles. The van der Waals surface area contributed by atoms with Crippen molar-refractivity contribution in [3.05, 3.63) is 0 Å². The minimum atomic E-state index is -1.36. The first-order chi connectivity index (χ1) is 6.41. The number of aliphatic hydroxyl groups is 1. The fraction of sp³-hybridized carbons (Fsp3) is 0.778. The van der Waals surface area contributed by atoms with Gasteiger partial charge in [0.25, 0.3) is 0 Å². The lowest BCUT2D eigenvalue weighted by molar-refractivity contribution is -0.142. The molecule has 0 aromatic rings. The molecule has 1 amide bonds. The lowest BCUT2D eigenvalue weighted by Crippen LogP contribution is -2.42. The van der Waals surface area contributed by atoms with Crippen LogP contribution < -0.4 is 5.32 Å². The topological polar surface area (TPSA) is 86.6 Å². The molecular weight excluding hydrogens is 186 g/mol. The van der Waals surface area contributed by atoms with E-state index >= 15 is 0 Å². The van der Waals surface area contributed by atoms with Crippen LogP contribution >= 0.6 is 0 Å². The second-order valence-corrected chi connectivity index (χ2v) is 4.06. The van der Waals surface area contributed by atoms with Gasteiger partial charge >= 0.3 is 5.97 Å². The molecule has 0 radical (unpaired) electrons. The maximum Gasteiger partial charge on any atom is 0.306 e. The lowest BCUT2D eigenvalue weighted by atomic mass is 10.0. The highest BCUT2D eigenvalue weighted by Crippen LogP contribution is 2.28. The van der Waals surface area contributed by atoms with Crippen molar-refractivity contribution in [3.8, 4) is 0 Å². The van der Waals surface area contributed by atoms with Crippen LogP contribution in [0.3, 0.4) is 0 Å². The molecule has 5 nitrogen and oxygen atoms in total. The highest BCUT2D eigenvalue weighted by Gasteiger charge is 2.31. The molecule has 0 saturated heterocycles. The van der Waals surface area contributed by atoms with Gasteiger partial charge in [-0.3, -0.25) is 9.59 Å². The quantitative estimate of drug-likeness (QED) is 0.572. The number of carbonyl (C=O) groups excluding carboxylic acids is 1. The molecule has 0 aromatic heterocycles. The van der Waals surface area contributed by atoms with Gasteiger partial charge in [-0.1, -0.05) is 0 Å². The monoisotopic (exact) mass is 201 g/mol. The van der Waals surface area contributed by atoms with E-state index in [0.29, 0.717) is 0 Å². The summed E-state index contributed by atoms with van der Waals surface area (Å²) in [5.74, 6) is -1.08.